The average Bonchev–Trinajstić information content (AvgIpc) is 0.759. The fraction of sp³-hybridized carbons (Fsp3) is 0.150. The van der Waals surface area contributed by atoms with Crippen molar-refractivity contribution in [1.29, 1.82) is 0 Å². The van der Waals surface area contributed by atoms with Crippen LogP contribution in [0.4, 0.5) is 105 Å². The monoisotopic (exact) mass is 1270 g/mol. The molecule has 0 atom stereocenters. The standard InChI is InChI=1S/C32H12BF24.C28H20NO2/c34-25(35,36)13-1-14(26(37,38)39)6-21(5-13)33(22-7-15(27(40,41)42)2-16(8-22)28(43,44)45,23-9-17(29(46,47)48)3-18(10-23)30(49,50)51)24-11-19(31(52,53)54)4-20(12-24)32(55,56)57;30-26(22-11-2-1-3-12-22)19-29-18-17-21-10-5-7-15-24(21)27(29)28(31)25-16-8-13-20-9-4-6-14-23(20)25/h1-12H;1-18H,19H2/q-1;+1. The molecule has 9 aromatic rings. The van der Waals surface area contributed by atoms with E-state index < -0.39 is 195 Å². The lowest BCUT2D eigenvalue weighted by atomic mass is 9.12. The highest BCUT2D eigenvalue weighted by Crippen LogP contribution is 2.42. The topological polar surface area (TPSA) is 38.0 Å². The molecule has 0 spiro atoms. The number of alkyl halides is 24. The molecular weight excluding hydrogens is 1230 g/mol. The first kappa shape index (κ1) is 65.1. The smallest absolute Gasteiger partial charge is 0.287 e. The van der Waals surface area contributed by atoms with Crippen LogP contribution in [0.2, 0.25) is 0 Å². The van der Waals surface area contributed by atoms with Crippen molar-refractivity contribution in [3.8, 4) is 0 Å². The molecule has 0 bridgehead atoms. The summed E-state index contributed by atoms with van der Waals surface area (Å²) in [5.74, 6) is -0.123. The van der Waals surface area contributed by atoms with E-state index >= 15 is 0 Å². The van der Waals surface area contributed by atoms with Gasteiger partial charge in [-0.25, -0.2) is 0 Å². The van der Waals surface area contributed by atoms with E-state index in [2.05, 4.69) is 0 Å². The molecule has 0 N–H and O–H groups in total. The Balaban J connectivity index is 0.000000269. The van der Waals surface area contributed by atoms with Crippen molar-refractivity contribution in [3.05, 3.63) is 243 Å². The summed E-state index contributed by atoms with van der Waals surface area (Å²) < 4.78 is 343. The normalized spacial score (nSPS) is 13.1. The summed E-state index contributed by atoms with van der Waals surface area (Å²) in [6.45, 7) is 0.0979. The predicted octanol–water partition coefficient (Wildman–Crippen LogP) is 16.6. The van der Waals surface area contributed by atoms with Gasteiger partial charge in [-0.15, -0.1) is 0 Å². The first-order valence-electron chi connectivity index (χ1n) is 24.9. The van der Waals surface area contributed by atoms with E-state index in [1.807, 2.05) is 97.2 Å². The Bertz CT molecular complexity index is 3670. The molecule has 3 nitrogen and oxygen atoms in total. The van der Waals surface area contributed by atoms with E-state index in [0.29, 0.717) is 16.8 Å². The third kappa shape index (κ3) is 13.8. The Morgan fingerprint density at radius 3 is 0.932 bits per heavy atom. The third-order valence-corrected chi connectivity index (χ3v) is 14.0. The van der Waals surface area contributed by atoms with Gasteiger partial charge >= 0.3 is 49.4 Å². The Morgan fingerprint density at radius 2 is 0.602 bits per heavy atom. The molecule has 8 aromatic carbocycles. The van der Waals surface area contributed by atoms with Crippen LogP contribution in [0, 0.1) is 0 Å². The van der Waals surface area contributed by atoms with Gasteiger partial charge in [0.1, 0.15) is 6.15 Å². The van der Waals surface area contributed by atoms with Gasteiger partial charge in [0.25, 0.3) is 11.5 Å². The molecule has 0 fully saturated rings. The Labute approximate surface area is 479 Å². The van der Waals surface area contributed by atoms with E-state index in [0.717, 1.165) is 21.5 Å². The highest BCUT2D eigenvalue weighted by molar-refractivity contribution is 7.20. The average molecular weight is 1270 g/mol. The summed E-state index contributed by atoms with van der Waals surface area (Å²) in [5, 5.41) is 3.72. The Kier molecular flexibility index (Phi) is 17.0. The van der Waals surface area contributed by atoms with Crippen molar-refractivity contribution < 1.29 is 120 Å². The van der Waals surface area contributed by atoms with Gasteiger partial charge in [0, 0.05) is 17.2 Å². The Morgan fingerprint density at radius 1 is 0.318 bits per heavy atom. The minimum absolute atomic E-state index is 0.0344. The van der Waals surface area contributed by atoms with Crippen molar-refractivity contribution >= 4 is 61.1 Å². The van der Waals surface area contributed by atoms with Crippen LogP contribution in [0.25, 0.3) is 21.5 Å². The summed E-state index contributed by atoms with van der Waals surface area (Å²) in [6, 6.07) is 23.8. The highest BCUT2D eigenvalue weighted by atomic mass is 19.4. The molecule has 0 saturated carbocycles. The molecule has 0 radical (unpaired) electrons. The minimum atomic E-state index is -6.13. The van der Waals surface area contributed by atoms with Crippen molar-refractivity contribution in [2.24, 2.45) is 0 Å². The molecule has 9 rings (SSSR count). The van der Waals surface area contributed by atoms with Crippen molar-refractivity contribution in [1.82, 2.24) is 0 Å². The number of nitrogens with zero attached hydrogens (tertiary/aromatic N) is 1. The van der Waals surface area contributed by atoms with E-state index in [4.69, 9.17) is 0 Å². The van der Waals surface area contributed by atoms with Crippen LogP contribution in [0.15, 0.2) is 182 Å². The van der Waals surface area contributed by atoms with Crippen molar-refractivity contribution in [2.75, 3.05) is 0 Å². The van der Waals surface area contributed by atoms with Gasteiger partial charge in [-0.3, -0.25) is 9.59 Å². The minimum Gasteiger partial charge on any atom is -0.287 e. The van der Waals surface area contributed by atoms with Gasteiger partial charge < -0.3 is 0 Å². The quantitative estimate of drug-likeness (QED) is 0.0625. The fourth-order valence-corrected chi connectivity index (χ4v) is 10.1. The second-order valence-corrected chi connectivity index (χ2v) is 19.7. The lowest BCUT2D eigenvalue weighted by Gasteiger charge is -2.46. The molecule has 28 heteroatoms. The molecule has 0 saturated heterocycles. The van der Waals surface area contributed by atoms with Crippen molar-refractivity contribution in [2.45, 2.75) is 56.0 Å². The zero-order valence-electron chi connectivity index (χ0n) is 43.4. The fourth-order valence-electron chi connectivity index (χ4n) is 10.1. The number of ketones is 2. The van der Waals surface area contributed by atoms with Gasteiger partial charge in [0.15, 0.2) is 6.20 Å². The van der Waals surface area contributed by atoms with Crippen LogP contribution >= 0.6 is 0 Å². The number of hydrogen-bond acceptors (Lipinski definition) is 2. The number of rotatable bonds is 9. The van der Waals surface area contributed by atoms with Gasteiger partial charge in [0.2, 0.25) is 12.3 Å². The van der Waals surface area contributed by atoms with Crippen LogP contribution in [0.5, 0.6) is 0 Å². The first-order chi connectivity index (χ1) is 40.5. The predicted molar refractivity (Wildman–Crippen MR) is 272 cm³/mol. The van der Waals surface area contributed by atoms with E-state index in [1.165, 1.54) is 0 Å². The molecule has 460 valence electrons. The number of halogens is 24. The molecule has 0 aliphatic rings. The summed E-state index contributed by atoms with van der Waals surface area (Å²) >= 11 is 0. The highest BCUT2D eigenvalue weighted by Gasteiger charge is 2.47. The SMILES string of the molecule is FC(F)(F)c1cc([B-](c2cc(C(F)(F)F)cc(C(F)(F)F)c2)(c2cc(C(F)(F)F)cc(C(F)(F)F)c2)c2cc(C(F)(F)F)cc(C(F)(F)F)c2)cc(C(F)(F)F)c1.O=C(C[n+]1ccc2ccccc2c1C(=O)c1cccc2ccccc12)c1ccccc1. The number of benzene rings is 8. The molecule has 0 aliphatic carbocycles. The van der Waals surface area contributed by atoms with Gasteiger partial charge in [-0.05, 0) is 46.5 Å². The van der Waals surface area contributed by atoms with E-state index in [1.54, 1.807) is 16.7 Å². The number of carbonyl (C=O) groups excluding carboxylic acids is 2. The summed E-state index contributed by atoms with van der Waals surface area (Å²) in [5.41, 5.74) is -28.4. The number of fused-ring (bicyclic) bond motifs is 2. The Hall–Kier alpha value is -8.85. The zero-order valence-corrected chi connectivity index (χ0v) is 43.4. The summed E-state index contributed by atoms with van der Waals surface area (Å²) in [7, 11) is 0. The van der Waals surface area contributed by atoms with Crippen LogP contribution in [0.1, 0.15) is 70.9 Å². The van der Waals surface area contributed by atoms with Crippen molar-refractivity contribution in [3.63, 3.8) is 0 Å². The maximum Gasteiger partial charge on any atom is 0.416 e. The molecule has 0 amide bonds. The lowest BCUT2D eigenvalue weighted by Crippen LogP contribution is -2.75. The number of hydrogen-bond donors (Lipinski definition) is 0. The largest absolute Gasteiger partial charge is 0.416 e. The molecule has 0 aliphatic heterocycles. The van der Waals surface area contributed by atoms with Gasteiger partial charge in [-0.2, -0.15) is 132 Å². The lowest BCUT2D eigenvalue weighted by molar-refractivity contribution is -0.683. The molecule has 88 heavy (non-hydrogen) atoms. The van der Waals surface area contributed by atoms with Crippen LogP contribution < -0.4 is 26.4 Å². The number of aromatic nitrogens is 1. The van der Waals surface area contributed by atoms with E-state index in [-0.39, 0.29) is 18.1 Å². The third-order valence-electron chi connectivity index (χ3n) is 14.0. The summed E-state index contributed by atoms with van der Waals surface area (Å²) in [4.78, 5) is 26.8. The van der Waals surface area contributed by atoms with Crippen LogP contribution in [-0.4, -0.2) is 17.7 Å². The number of Topliss-reactive ketones (excluding diaryl/α,β-unsaturated/α-hetero) is 1. The van der Waals surface area contributed by atoms with E-state index in [9.17, 15) is 115 Å². The second kappa shape index (κ2) is 23.0. The second-order valence-electron chi connectivity index (χ2n) is 19.7. The zero-order chi connectivity index (χ0) is 65.1. The first-order valence-corrected chi connectivity index (χ1v) is 24.9. The van der Waals surface area contributed by atoms with Gasteiger partial charge in [-0.1, -0.05) is 140 Å². The summed E-state index contributed by atoms with van der Waals surface area (Å²) in [6.07, 6.45) is -53.0. The molecule has 0 unspecified atom stereocenters. The maximum atomic E-state index is 14.2. The molecular formula is C60H32BF24NO2. The maximum absolute atomic E-state index is 14.2. The molecule has 1 aromatic heterocycles. The van der Waals surface area contributed by atoms with Crippen LogP contribution in [0.3, 0.4) is 0 Å². The van der Waals surface area contributed by atoms with Crippen LogP contribution in [-0.2, 0) is 56.0 Å². The number of pyridine rings is 1. The number of carbonyl (C=O) groups is 2. The van der Waals surface area contributed by atoms with Gasteiger partial charge in [0.05, 0.1) is 49.9 Å². The molecule has 1 heterocycles.